The van der Waals surface area contributed by atoms with Gasteiger partial charge in [0.05, 0.1) is 4.92 Å². The minimum Gasteiger partial charge on any atom is -0.479 e. The molecule has 1 amide bonds. The van der Waals surface area contributed by atoms with Gasteiger partial charge in [0.25, 0.3) is 11.6 Å². The van der Waals surface area contributed by atoms with E-state index in [4.69, 9.17) is 4.42 Å². The van der Waals surface area contributed by atoms with E-state index in [0.29, 0.717) is 5.56 Å². The van der Waals surface area contributed by atoms with Gasteiger partial charge in [0.2, 0.25) is 29.1 Å². The number of amides is 1. The van der Waals surface area contributed by atoms with Crippen LogP contribution in [0, 0.1) is 46.1 Å². The Bertz CT molecular complexity index is 1170. The van der Waals surface area contributed by atoms with Crippen LogP contribution in [0.25, 0.3) is 0 Å². The van der Waals surface area contributed by atoms with Crippen molar-refractivity contribution in [3.05, 3.63) is 86.6 Å². The number of halogens is 5. The fraction of sp³-hybridized carbons (Fsp3) is 0.105. The lowest BCUT2D eigenvalue weighted by atomic mass is 10.2. The van der Waals surface area contributed by atoms with Gasteiger partial charge in [-0.25, -0.2) is 13.2 Å². The number of benzene rings is 2. The molecule has 3 rings (SSSR count). The zero-order valence-corrected chi connectivity index (χ0v) is 15.5. The molecule has 0 radical (unpaired) electrons. The number of rotatable bonds is 6. The lowest BCUT2D eigenvalue weighted by Gasteiger charge is -2.09. The number of nitro benzene ring substituents is 1. The van der Waals surface area contributed by atoms with E-state index >= 15 is 0 Å². The second-order valence-corrected chi connectivity index (χ2v) is 6.16. The van der Waals surface area contributed by atoms with E-state index in [1.54, 1.807) is 0 Å². The van der Waals surface area contributed by atoms with Gasteiger partial charge in [0.15, 0.2) is 11.5 Å². The Morgan fingerprint density at radius 2 is 1.65 bits per heavy atom. The molecule has 0 atom stereocenters. The number of nitro groups is 1. The highest BCUT2D eigenvalue weighted by atomic mass is 19.2. The number of non-ortho nitro benzene ring substituents is 1. The average Bonchev–Trinajstić information content (AvgIpc) is 3.21. The summed E-state index contributed by atoms with van der Waals surface area (Å²) in [5.41, 5.74) is 0.510. The molecule has 0 aliphatic heterocycles. The van der Waals surface area contributed by atoms with Gasteiger partial charge in [-0.15, -0.1) is 0 Å². The average molecular weight is 442 g/mol. The highest BCUT2D eigenvalue weighted by Crippen LogP contribution is 2.30. The number of ether oxygens (including phenoxy) is 1. The molecule has 0 fully saturated rings. The van der Waals surface area contributed by atoms with Gasteiger partial charge in [0.1, 0.15) is 12.4 Å². The first-order chi connectivity index (χ1) is 14.6. The molecule has 1 aromatic heterocycles. The number of carbonyl (C=O) groups is 1. The van der Waals surface area contributed by atoms with Crippen LogP contribution in [0.1, 0.15) is 21.9 Å². The molecule has 0 unspecified atom stereocenters. The number of hydrogen-bond donors (Lipinski definition) is 1. The maximum absolute atomic E-state index is 13.6. The van der Waals surface area contributed by atoms with E-state index in [-0.39, 0.29) is 22.9 Å². The van der Waals surface area contributed by atoms with Gasteiger partial charge in [-0.3, -0.25) is 14.9 Å². The summed E-state index contributed by atoms with van der Waals surface area (Å²) in [6, 6.07) is 6.15. The molecule has 0 saturated heterocycles. The molecule has 1 N–H and O–H groups in total. The second-order valence-electron chi connectivity index (χ2n) is 6.16. The molecule has 0 saturated carbocycles. The standard InChI is InChI=1S/C19H11F5N2O5/c1-8-6-9(26(28)29)2-4-11(8)25-19(27)12-5-3-10(31-12)7-30-18-16(23)14(21)13(20)15(22)17(18)24/h2-6H,7H2,1H3,(H,25,27). The van der Waals surface area contributed by atoms with Gasteiger partial charge >= 0.3 is 0 Å². The number of anilines is 1. The third-order valence-corrected chi connectivity index (χ3v) is 4.08. The van der Waals surface area contributed by atoms with E-state index < -0.39 is 52.3 Å². The van der Waals surface area contributed by atoms with Crippen LogP contribution in [0.2, 0.25) is 0 Å². The van der Waals surface area contributed by atoms with Crippen molar-refractivity contribution in [3.8, 4) is 5.75 Å². The molecular formula is C19H11F5N2O5. The van der Waals surface area contributed by atoms with Gasteiger partial charge in [-0.1, -0.05) is 0 Å². The Morgan fingerprint density at radius 3 is 2.23 bits per heavy atom. The van der Waals surface area contributed by atoms with Gasteiger partial charge in [-0.05, 0) is 30.7 Å². The van der Waals surface area contributed by atoms with Crippen molar-refractivity contribution in [1.82, 2.24) is 0 Å². The topological polar surface area (TPSA) is 94.6 Å². The second kappa shape index (κ2) is 8.42. The van der Waals surface area contributed by atoms with Crippen molar-refractivity contribution in [2.45, 2.75) is 13.5 Å². The molecule has 2 aromatic carbocycles. The number of nitrogens with zero attached hydrogens (tertiary/aromatic N) is 1. The first-order valence-corrected chi connectivity index (χ1v) is 8.39. The molecule has 0 bridgehead atoms. The molecule has 1 heterocycles. The van der Waals surface area contributed by atoms with E-state index in [1.807, 2.05) is 0 Å². The summed E-state index contributed by atoms with van der Waals surface area (Å²) in [5.74, 6) is -13.6. The van der Waals surface area contributed by atoms with Crippen LogP contribution in [-0.2, 0) is 6.61 Å². The summed E-state index contributed by atoms with van der Waals surface area (Å²) in [4.78, 5) is 22.4. The number of furan rings is 1. The molecule has 31 heavy (non-hydrogen) atoms. The minimum atomic E-state index is -2.32. The number of carbonyl (C=O) groups excluding carboxylic acids is 1. The predicted octanol–water partition coefficient (Wildman–Crippen LogP) is 5.02. The van der Waals surface area contributed by atoms with Crippen molar-refractivity contribution in [3.63, 3.8) is 0 Å². The normalized spacial score (nSPS) is 10.8. The van der Waals surface area contributed by atoms with E-state index in [2.05, 4.69) is 10.1 Å². The van der Waals surface area contributed by atoms with Crippen LogP contribution < -0.4 is 10.1 Å². The maximum atomic E-state index is 13.6. The molecular weight excluding hydrogens is 431 g/mol. The van der Waals surface area contributed by atoms with Crippen molar-refractivity contribution < 1.29 is 40.8 Å². The summed E-state index contributed by atoms with van der Waals surface area (Å²) in [7, 11) is 0. The zero-order chi connectivity index (χ0) is 22.9. The van der Waals surface area contributed by atoms with Crippen LogP contribution in [0.5, 0.6) is 5.75 Å². The Hall–Kier alpha value is -3.96. The van der Waals surface area contributed by atoms with E-state index in [1.165, 1.54) is 37.3 Å². The van der Waals surface area contributed by atoms with Gasteiger partial charge < -0.3 is 14.5 Å². The van der Waals surface area contributed by atoms with Gasteiger partial charge in [0, 0.05) is 17.8 Å². The number of nitrogens with one attached hydrogen (secondary N) is 1. The fourth-order valence-corrected chi connectivity index (χ4v) is 2.52. The van der Waals surface area contributed by atoms with Crippen molar-refractivity contribution >= 4 is 17.3 Å². The summed E-state index contributed by atoms with van der Waals surface area (Å²) in [6.07, 6.45) is 0. The summed E-state index contributed by atoms with van der Waals surface area (Å²) in [6.45, 7) is 0.802. The smallest absolute Gasteiger partial charge is 0.291 e. The summed E-state index contributed by atoms with van der Waals surface area (Å²) >= 11 is 0. The first-order valence-electron chi connectivity index (χ1n) is 8.39. The third-order valence-electron chi connectivity index (χ3n) is 4.08. The fourth-order valence-electron chi connectivity index (χ4n) is 2.52. The van der Waals surface area contributed by atoms with Crippen LogP contribution >= 0.6 is 0 Å². The molecule has 0 spiro atoms. The maximum Gasteiger partial charge on any atom is 0.291 e. The largest absolute Gasteiger partial charge is 0.479 e. The third kappa shape index (κ3) is 4.32. The Morgan fingerprint density at radius 1 is 1.03 bits per heavy atom. The van der Waals surface area contributed by atoms with Crippen molar-refractivity contribution in [2.75, 3.05) is 5.32 Å². The van der Waals surface area contributed by atoms with Crippen LogP contribution in [0.3, 0.4) is 0 Å². The molecule has 7 nitrogen and oxygen atoms in total. The molecule has 3 aromatic rings. The summed E-state index contributed by atoms with van der Waals surface area (Å²) in [5, 5.41) is 13.2. The zero-order valence-electron chi connectivity index (χ0n) is 15.5. The Balaban J connectivity index is 1.71. The molecule has 0 aliphatic rings. The highest BCUT2D eigenvalue weighted by molar-refractivity contribution is 6.02. The number of aryl methyl sites for hydroxylation is 1. The Kier molecular flexibility index (Phi) is 5.90. The van der Waals surface area contributed by atoms with Crippen LogP contribution in [0.4, 0.5) is 33.3 Å². The Labute approximate surface area is 170 Å². The SMILES string of the molecule is Cc1cc([N+](=O)[O-])ccc1NC(=O)c1ccc(COc2c(F)c(F)c(F)c(F)c2F)o1. The van der Waals surface area contributed by atoms with Crippen molar-refractivity contribution in [2.24, 2.45) is 0 Å². The summed E-state index contributed by atoms with van der Waals surface area (Å²) < 4.78 is 76.5. The van der Waals surface area contributed by atoms with Crippen LogP contribution in [-0.4, -0.2) is 10.8 Å². The molecule has 162 valence electrons. The first kappa shape index (κ1) is 21.7. The molecule has 0 aliphatic carbocycles. The van der Waals surface area contributed by atoms with E-state index in [0.717, 1.165) is 0 Å². The lowest BCUT2D eigenvalue weighted by molar-refractivity contribution is -0.384. The van der Waals surface area contributed by atoms with Crippen LogP contribution in [0.15, 0.2) is 34.7 Å². The monoisotopic (exact) mass is 442 g/mol. The van der Waals surface area contributed by atoms with E-state index in [9.17, 15) is 36.9 Å². The predicted molar refractivity (Wildman–Crippen MR) is 95.1 cm³/mol. The number of hydrogen-bond acceptors (Lipinski definition) is 5. The molecule has 12 heteroatoms. The highest BCUT2D eigenvalue weighted by Gasteiger charge is 2.27. The quantitative estimate of drug-likeness (QED) is 0.190. The lowest BCUT2D eigenvalue weighted by Crippen LogP contribution is -2.12. The van der Waals surface area contributed by atoms with Gasteiger partial charge in [-0.2, -0.15) is 8.78 Å². The van der Waals surface area contributed by atoms with Crippen molar-refractivity contribution in [1.29, 1.82) is 0 Å². The minimum absolute atomic E-state index is 0.144.